The second kappa shape index (κ2) is 9.15. The molecule has 0 fully saturated rings. The van der Waals surface area contributed by atoms with Gasteiger partial charge in [0, 0.05) is 30.4 Å². The van der Waals surface area contributed by atoms with Crippen molar-refractivity contribution in [1.29, 1.82) is 0 Å². The predicted octanol–water partition coefficient (Wildman–Crippen LogP) is 0.819. The first-order chi connectivity index (χ1) is 15.8. The first-order valence-corrected chi connectivity index (χ1v) is 10.6. The van der Waals surface area contributed by atoms with Crippen LogP contribution in [0.4, 0.5) is 0 Å². The van der Waals surface area contributed by atoms with Gasteiger partial charge in [-0.3, -0.25) is 14.2 Å². The van der Waals surface area contributed by atoms with E-state index in [0.29, 0.717) is 40.7 Å². The number of nitrogens with one attached hydrogen (secondary N) is 1. The Morgan fingerprint density at radius 1 is 1.12 bits per heavy atom. The Morgan fingerprint density at radius 2 is 1.85 bits per heavy atom. The molecule has 2 heterocycles. The minimum Gasteiger partial charge on any atom is -0.423 e. The van der Waals surface area contributed by atoms with E-state index in [1.54, 1.807) is 18.2 Å². The molecule has 0 saturated heterocycles. The van der Waals surface area contributed by atoms with E-state index in [-0.39, 0.29) is 11.5 Å². The maximum absolute atomic E-state index is 13.4. The van der Waals surface area contributed by atoms with Crippen LogP contribution in [0.3, 0.4) is 0 Å². The fourth-order valence-corrected chi connectivity index (χ4v) is 3.75. The van der Waals surface area contributed by atoms with Crippen LogP contribution < -0.4 is 16.3 Å². The van der Waals surface area contributed by atoms with Gasteiger partial charge in [0.25, 0.3) is 11.5 Å². The average Bonchev–Trinajstić information content (AvgIpc) is 2.78. The number of hydrogen-bond donors (Lipinski definition) is 3. The van der Waals surface area contributed by atoms with Gasteiger partial charge in [-0.25, -0.2) is 4.98 Å². The zero-order valence-corrected chi connectivity index (χ0v) is 18.7. The van der Waals surface area contributed by atoms with Crippen molar-refractivity contribution >= 4 is 40.3 Å². The summed E-state index contributed by atoms with van der Waals surface area (Å²) in [4.78, 5) is 33.3. The highest BCUT2D eigenvalue weighted by atomic mass is 16.4. The summed E-state index contributed by atoms with van der Waals surface area (Å²) in [6.45, 7) is 3.06. The van der Waals surface area contributed by atoms with E-state index in [1.807, 2.05) is 44.1 Å². The number of amides is 1. The number of para-hydroxylation sites is 1. The summed E-state index contributed by atoms with van der Waals surface area (Å²) in [6, 6.07) is 13.8. The molecule has 3 N–H and O–H groups in total. The summed E-state index contributed by atoms with van der Waals surface area (Å²) in [5.41, 5.74) is 2.82. The van der Waals surface area contributed by atoms with Crippen molar-refractivity contribution in [3.05, 3.63) is 76.2 Å². The summed E-state index contributed by atoms with van der Waals surface area (Å²) in [5.74, 6) is -0.321. The Kier molecular flexibility index (Phi) is 6.28. The number of hydrogen-bond acceptors (Lipinski definition) is 6. The molecular weight excluding hydrogens is 419 g/mol. The molecule has 2 aromatic carbocycles. The average molecular weight is 444 g/mol. The highest BCUT2D eigenvalue weighted by Crippen LogP contribution is 2.23. The third-order valence-corrected chi connectivity index (χ3v) is 5.57. The van der Waals surface area contributed by atoms with Crippen LogP contribution in [-0.2, 0) is 0 Å². The van der Waals surface area contributed by atoms with Gasteiger partial charge in [-0.2, -0.15) is 0 Å². The monoisotopic (exact) mass is 444 g/mol. The molecule has 0 radical (unpaired) electrons. The minimum absolute atomic E-state index is 0.291. The fraction of sp³-hybridized carbons (Fsp3) is 0.208. The first-order valence-electron chi connectivity index (χ1n) is 10.6. The van der Waals surface area contributed by atoms with Gasteiger partial charge in [-0.15, -0.1) is 0 Å². The lowest BCUT2D eigenvalue weighted by Crippen LogP contribution is -2.33. The van der Waals surface area contributed by atoms with Crippen molar-refractivity contribution in [1.82, 2.24) is 19.8 Å². The lowest BCUT2D eigenvalue weighted by molar-refractivity contribution is 0.0952. The highest BCUT2D eigenvalue weighted by molar-refractivity contribution is 6.58. The number of pyridine rings is 2. The lowest BCUT2D eigenvalue weighted by atomic mass is 9.80. The molecule has 0 aliphatic carbocycles. The van der Waals surface area contributed by atoms with Crippen LogP contribution in [0.25, 0.3) is 27.5 Å². The third kappa shape index (κ3) is 4.52. The molecule has 0 spiro atoms. The number of likely N-dealkylation sites (N-methyl/N-ethyl adjacent to an activating group) is 1. The van der Waals surface area contributed by atoms with Crippen molar-refractivity contribution in [2.24, 2.45) is 0 Å². The van der Waals surface area contributed by atoms with E-state index < -0.39 is 7.12 Å². The van der Waals surface area contributed by atoms with Crippen LogP contribution in [0.1, 0.15) is 15.9 Å². The Bertz CT molecular complexity index is 1400. The van der Waals surface area contributed by atoms with E-state index in [9.17, 15) is 19.6 Å². The molecule has 2 aromatic heterocycles. The number of carbonyl (C=O) groups is 1. The number of carbonyl (C=O) groups excluding carboxylic acids is 1. The van der Waals surface area contributed by atoms with Gasteiger partial charge in [0.2, 0.25) is 0 Å². The van der Waals surface area contributed by atoms with Gasteiger partial charge in [-0.05, 0) is 50.2 Å². The summed E-state index contributed by atoms with van der Waals surface area (Å²) < 4.78 is 1.39. The maximum atomic E-state index is 13.4. The Balaban J connectivity index is 1.93. The molecule has 4 aromatic rings. The normalized spacial score (nSPS) is 11.3. The smallest absolute Gasteiger partial charge is 0.423 e. The molecule has 0 atom stereocenters. The van der Waals surface area contributed by atoms with Crippen molar-refractivity contribution in [3.8, 4) is 5.69 Å². The second-order valence-corrected chi connectivity index (χ2v) is 8.27. The molecule has 0 aliphatic rings. The Labute approximate surface area is 191 Å². The van der Waals surface area contributed by atoms with Gasteiger partial charge >= 0.3 is 7.12 Å². The Hall–Kier alpha value is -3.53. The largest absolute Gasteiger partial charge is 0.488 e. The van der Waals surface area contributed by atoms with Crippen molar-refractivity contribution in [2.75, 3.05) is 27.2 Å². The summed E-state index contributed by atoms with van der Waals surface area (Å²) in [7, 11) is 2.24. The minimum atomic E-state index is -1.61. The zero-order valence-electron chi connectivity index (χ0n) is 18.7. The van der Waals surface area contributed by atoms with Crippen LogP contribution in [-0.4, -0.2) is 64.7 Å². The molecule has 4 rings (SSSR count). The summed E-state index contributed by atoms with van der Waals surface area (Å²) in [5, 5.41) is 22.8. The van der Waals surface area contributed by atoms with E-state index in [0.717, 1.165) is 16.5 Å². The third-order valence-electron chi connectivity index (χ3n) is 5.57. The number of benzene rings is 2. The molecule has 0 bridgehead atoms. The van der Waals surface area contributed by atoms with Crippen LogP contribution >= 0.6 is 0 Å². The summed E-state index contributed by atoms with van der Waals surface area (Å²) >= 11 is 0. The quantitative estimate of drug-likeness (QED) is 0.300. The van der Waals surface area contributed by atoms with Crippen molar-refractivity contribution < 1.29 is 14.8 Å². The molecule has 0 saturated carbocycles. The van der Waals surface area contributed by atoms with Crippen molar-refractivity contribution in [3.63, 3.8) is 0 Å². The molecule has 168 valence electrons. The number of nitrogens with zero attached hydrogens (tertiary/aromatic N) is 3. The lowest BCUT2D eigenvalue weighted by Gasteiger charge is -2.15. The molecule has 0 aliphatic heterocycles. The number of aromatic nitrogens is 2. The molecule has 9 heteroatoms. The second-order valence-electron chi connectivity index (χ2n) is 8.27. The fourth-order valence-electron chi connectivity index (χ4n) is 3.75. The van der Waals surface area contributed by atoms with E-state index in [4.69, 9.17) is 4.98 Å². The van der Waals surface area contributed by atoms with Gasteiger partial charge < -0.3 is 20.3 Å². The van der Waals surface area contributed by atoms with Crippen LogP contribution in [0.5, 0.6) is 0 Å². The summed E-state index contributed by atoms with van der Waals surface area (Å²) in [6.07, 6.45) is 1.50. The standard InChI is InChI=1S/C24H25BN4O4/c1-15-5-4-6-16-13-19-22(27-21(15)16)20(23(30)26-11-12-28(2)3)14-29(24(19)31)18-9-7-17(8-10-18)25(32)33/h4-10,13-14,32-33H,11-12H2,1-3H3,(H,26,30). The topological polar surface area (TPSA) is 108 Å². The SMILES string of the molecule is Cc1cccc2cc3c(=O)n(-c4ccc(B(O)O)cc4)cc(C(=O)NCCN(C)C)c3nc12. The number of fused-ring (bicyclic) bond motifs is 2. The van der Waals surface area contributed by atoms with E-state index in [2.05, 4.69) is 5.32 Å². The Morgan fingerprint density at radius 3 is 2.52 bits per heavy atom. The van der Waals surface area contributed by atoms with Crippen molar-refractivity contribution in [2.45, 2.75) is 6.92 Å². The van der Waals surface area contributed by atoms with Crippen LogP contribution in [0, 0.1) is 6.92 Å². The van der Waals surface area contributed by atoms with Gasteiger partial charge in [0.15, 0.2) is 0 Å². The predicted molar refractivity (Wildman–Crippen MR) is 130 cm³/mol. The molecule has 8 nitrogen and oxygen atoms in total. The highest BCUT2D eigenvalue weighted by Gasteiger charge is 2.19. The van der Waals surface area contributed by atoms with Gasteiger partial charge in [-0.1, -0.05) is 30.3 Å². The van der Waals surface area contributed by atoms with Crippen LogP contribution in [0.15, 0.2) is 59.5 Å². The molecular formula is C24H25BN4O4. The first kappa shape index (κ1) is 22.7. The molecule has 33 heavy (non-hydrogen) atoms. The number of aryl methyl sites for hydroxylation is 1. The van der Waals surface area contributed by atoms with E-state index in [1.165, 1.54) is 22.9 Å². The van der Waals surface area contributed by atoms with Gasteiger partial charge in [0.1, 0.15) is 0 Å². The zero-order chi connectivity index (χ0) is 23.7. The van der Waals surface area contributed by atoms with Crippen LogP contribution in [0.2, 0.25) is 0 Å². The molecule has 0 unspecified atom stereocenters. The molecule has 1 amide bonds. The number of rotatable bonds is 6. The maximum Gasteiger partial charge on any atom is 0.488 e. The van der Waals surface area contributed by atoms with Gasteiger partial charge in [0.05, 0.1) is 22.0 Å². The van der Waals surface area contributed by atoms with E-state index >= 15 is 0 Å².